The van der Waals surface area contributed by atoms with E-state index in [1.165, 1.54) is 19.2 Å². The Bertz CT molecular complexity index is 1400. The van der Waals surface area contributed by atoms with Crippen molar-refractivity contribution < 1.29 is 18.7 Å². The van der Waals surface area contributed by atoms with Crippen molar-refractivity contribution in [3.8, 4) is 22.4 Å². The second-order valence-electron chi connectivity index (χ2n) is 8.19. The fraction of sp³-hybridized carbons (Fsp3) is 0.200. The molecule has 9 nitrogen and oxygen atoms in total. The van der Waals surface area contributed by atoms with Gasteiger partial charge in [-0.3, -0.25) is 9.72 Å². The number of halogens is 1. The van der Waals surface area contributed by atoms with Crippen LogP contribution in [-0.2, 0) is 4.74 Å². The number of carbonyl (C=O) groups is 2. The highest BCUT2D eigenvalue weighted by Gasteiger charge is 2.19. The summed E-state index contributed by atoms with van der Waals surface area (Å²) in [6.07, 6.45) is 6.67. The highest BCUT2D eigenvalue weighted by Crippen LogP contribution is 2.27. The molecular formula is C25H23FN6O3. The van der Waals surface area contributed by atoms with Crippen LogP contribution in [0.2, 0.25) is 0 Å². The lowest BCUT2D eigenvalue weighted by atomic mass is 10.1. The van der Waals surface area contributed by atoms with Gasteiger partial charge in [0.2, 0.25) is 5.78 Å². The number of anilines is 2. The van der Waals surface area contributed by atoms with Crippen LogP contribution in [0.25, 0.3) is 28.2 Å². The summed E-state index contributed by atoms with van der Waals surface area (Å²) < 4.78 is 21.0. The lowest BCUT2D eigenvalue weighted by Crippen LogP contribution is -2.32. The van der Waals surface area contributed by atoms with E-state index < -0.39 is 11.9 Å². The number of hydrogen-bond donors (Lipinski definition) is 2. The zero-order chi connectivity index (χ0) is 24.4. The van der Waals surface area contributed by atoms with Gasteiger partial charge in [-0.15, -0.1) is 0 Å². The zero-order valence-corrected chi connectivity index (χ0v) is 19.0. The van der Waals surface area contributed by atoms with Crippen LogP contribution in [0.3, 0.4) is 0 Å². The van der Waals surface area contributed by atoms with E-state index in [9.17, 15) is 14.0 Å². The minimum Gasteiger partial charge on any atom is -0.453 e. The van der Waals surface area contributed by atoms with Gasteiger partial charge >= 0.3 is 12.1 Å². The summed E-state index contributed by atoms with van der Waals surface area (Å²) in [5, 5.41) is 5.44. The molecule has 1 aliphatic heterocycles. The highest BCUT2D eigenvalue weighted by atomic mass is 19.1. The molecule has 2 aromatic carbocycles. The third kappa shape index (κ3) is 4.77. The van der Waals surface area contributed by atoms with Crippen molar-refractivity contribution in [2.75, 3.05) is 30.8 Å². The van der Waals surface area contributed by atoms with Crippen LogP contribution in [0.1, 0.15) is 12.8 Å². The average Bonchev–Trinajstić information content (AvgIpc) is 3.55. The number of benzene rings is 2. The molecule has 3 heterocycles. The van der Waals surface area contributed by atoms with Gasteiger partial charge in [0.1, 0.15) is 5.82 Å². The predicted molar refractivity (Wildman–Crippen MR) is 130 cm³/mol. The van der Waals surface area contributed by atoms with E-state index >= 15 is 0 Å². The van der Waals surface area contributed by atoms with Crippen LogP contribution >= 0.6 is 0 Å². The first-order valence-corrected chi connectivity index (χ1v) is 11.2. The zero-order valence-electron chi connectivity index (χ0n) is 19.0. The van der Waals surface area contributed by atoms with Gasteiger partial charge in [0, 0.05) is 54.2 Å². The number of hydrogen-bond acceptors (Lipinski definition) is 5. The van der Waals surface area contributed by atoms with Crippen LogP contribution in [0.5, 0.6) is 0 Å². The number of methoxy groups -OCH3 is 1. The number of nitrogens with zero attached hydrogens (tertiary/aromatic N) is 4. The molecule has 0 radical (unpaired) electrons. The number of nitrogens with one attached hydrogen (secondary N) is 2. The number of imidazole rings is 1. The molecule has 2 N–H and O–H groups in total. The summed E-state index contributed by atoms with van der Waals surface area (Å²) in [6, 6.07) is 11.5. The number of likely N-dealkylation sites (tertiary alicyclic amines) is 1. The molecule has 1 saturated heterocycles. The summed E-state index contributed by atoms with van der Waals surface area (Å²) in [6.45, 7) is 1.45. The van der Waals surface area contributed by atoms with Gasteiger partial charge in [0.05, 0.1) is 12.8 Å². The van der Waals surface area contributed by atoms with Crippen molar-refractivity contribution in [3.63, 3.8) is 0 Å². The molecule has 2 aromatic heterocycles. The van der Waals surface area contributed by atoms with E-state index in [0.29, 0.717) is 22.8 Å². The maximum Gasteiger partial charge on any atom is 0.411 e. The predicted octanol–water partition coefficient (Wildman–Crippen LogP) is 5.01. The van der Waals surface area contributed by atoms with Crippen molar-refractivity contribution >= 4 is 29.3 Å². The van der Waals surface area contributed by atoms with Gasteiger partial charge in [-0.25, -0.2) is 23.9 Å². The summed E-state index contributed by atoms with van der Waals surface area (Å²) in [7, 11) is 1.30. The summed E-state index contributed by atoms with van der Waals surface area (Å²) in [4.78, 5) is 34.4. The first kappa shape index (κ1) is 22.3. The van der Waals surface area contributed by atoms with Crippen LogP contribution in [0.15, 0.2) is 61.1 Å². The molecule has 0 atom stereocenters. The number of aromatic nitrogens is 3. The van der Waals surface area contributed by atoms with Crippen molar-refractivity contribution in [1.82, 2.24) is 19.3 Å². The quantitative estimate of drug-likeness (QED) is 0.433. The van der Waals surface area contributed by atoms with Gasteiger partial charge in [-0.2, -0.15) is 0 Å². The Morgan fingerprint density at radius 1 is 0.971 bits per heavy atom. The van der Waals surface area contributed by atoms with E-state index in [4.69, 9.17) is 0 Å². The lowest BCUT2D eigenvalue weighted by Gasteiger charge is -2.16. The maximum atomic E-state index is 14.7. The summed E-state index contributed by atoms with van der Waals surface area (Å²) in [5.74, 6) is -0.0277. The fourth-order valence-corrected chi connectivity index (χ4v) is 4.00. The van der Waals surface area contributed by atoms with Gasteiger partial charge in [-0.05, 0) is 48.7 Å². The third-order valence-electron chi connectivity index (χ3n) is 5.85. The summed E-state index contributed by atoms with van der Waals surface area (Å²) >= 11 is 0. The van der Waals surface area contributed by atoms with E-state index in [2.05, 4.69) is 25.3 Å². The monoisotopic (exact) mass is 474 g/mol. The second-order valence-corrected chi connectivity index (χ2v) is 8.19. The number of amides is 3. The number of ether oxygens (including phenoxy) is 1. The smallest absolute Gasteiger partial charge is 0.411 e. The van der Waals surface area contributed by atoms with E-state index in [-0.39, 0.29) is 11.6 Å². The topological polar surface area (TPSA) is 101 Å². The molecule has 5 rings (SSSR count). The van der Waals surface area contributed by atoms with Crippen LogP contribution in [-0.4, -0.2) is 51.6 Å². The molecule has 4 aromatic rings. The van der Waals surface area contributed by atoms with E-state index in [1.54, 1.807) is 39.9 Å². The lowest BCUT2D eigenvalue weighted by molar-refractivity contribution is 0.187. The molecule has 178 valence electrons. The molecule has 0 aliphatic carbocycles. The van der Waals surface area contributed by atoms with Crippen LogP contribution in [0.4, 0.5) is 25.4 Å². The molecule has 0 spiro atoms. The molecule has 3 amide bonds. The minimum absolute atomic E-state index is 0.186. The Morgan fingerprint density at radius 2 is 1.71 bits per heavy atom. The normalized spacial score (nSPS) is 13.1. The fourth-order valence-electron chi connectivity index (χ4n) is 4.00. The van der Waals surface area contributed by atoms with Crippen LogP contribution < -0.4 is 10.6 Å². The van der Waals surface area contributed by atoms with Gasteiger partial charge in [0.25, 0.3) is 0 Å². The SMILES string of the molecule is COC(=O)Nc1ccc(-c2cnc3nc(-c4cc(NC(=O)N5CCCC5)ccc4F)cn3c2)cc1. The Balaban J connectivity index is 1.39. The minimum atomic E-state index is -0.543. The van der Waals surface area contributed by atoms with Crippen LogP contribution in [0, 0.1) is 5.82 Å². The van der Waals surface area contributed by atoms with Crippen molar-refractivity contribution in [1.29, 1.82) is 0 Å². The van der Waals surface area contributed by atoms with Gasteiger partial charge in [-0.1, -0.05) is 12.1 Å². The molecule has 0 bridgehead atoms. The highest BCUT2D eigenvalue weighted by molar-refractivity contribution is 5.90. The number of rotatable bonds is 4. The molecule has 1 aliphatic rings. The average molecular weight is 474 g/mol. The first-order valence-electron chi connectivity index (χ1n) is 11.2. The van der Waals surface area contributed by atoms with E-state index in [1.807, 2.05) is 18.3 Å². The van der Waals surface area contributed by atoms with E-state index in [0.717, 1.165) is 37.1 Å². The largest absolute Gasteiger partial charge is 0.453 e. The molecule has 0 saturated carbocycles. The molecule has 1 fully saturated rings. The number of urea groups is 1. The van der Waals surface area contributed by atoms with Crippen molar-refractivity contribution in [2.45, 2.75) is 12.8 Å². The van der Waals surface area contributed by atoms with Crippen molar-refractivity contribution in [3.05, 3.63) is 66.9 Å². The number of fused-ring (bicyclic) bond motifs is 1. The third-order valence-corrected chi connectivity index (χ3v) is 5.85. The summed E-state index contributed by atoms with van der Waals surface area (Å²) in [5.41, 5.74) is 3.48. The second kappa shape index (κ2) is 9.41. The Hall–Kier alpha value is -4.47. The Kier molecular flexibility index (Phi) is 6.01. The van der Waals surface area contributed by atoms with Crippen molar-refractivity contribution in [2.24, 2.45) is 0 Å². The molecule has 0 unspecified atom stereocenters. The Morgan fingerprint density at radius 3 is 2.46 bits per heavy atom. The standard InChI is InChI=1S/C25H23FN6O3/c1-35-25(34)29-18-6-4-16(5-7-18)17-13-27-23-30-22(15-32(23)14-17)20-12-19(8-9-21(20)26)28-24(33)31-10-2-3-11-31/h4-9,12-15H,2-3,10-11H2,1H3,(H,28,33)(H,29,34). The van der Waals surface area contributed by atoms with Gasteiger partial charge in [0.15, 0.2) is 0 Å². The van der Waals surface area contributed by atoms with Gasteiger partial charge < -0.3 is 15.0 Å². The maximum absolute atomic E-state index is 14.7. The molecule has 35 heavy (non-hydrogen) atoms. The number of carbonyl (C=O) groups excluding carboxylic acids is 2. The molecule has 10 heteroatoms. The molecular weight excluding hydrogens is 451 g/mol. The first-order chi connectivity index (χ1) is 17.0. The Labute approximate surface area is 200 Å².